The van der Waals surface area contributed by atoms with E-state index in [1.807, 2.05) is 17.0 Å². The molecule has 1 atom stereocenters. The monoisotopic (exact) mass is 289 g/mol. The molecule has 0 aromatic heterocycles. The van der Waals surface area contributed by atoms with Crippen molar-refractivity contribution in [1.82, 2.24) is 10.2 Å². The molecule has 0 unspecified atom stereocenters. The van der Waals surface area contributed by atoms with Crippen LogP contribution in [0.1, 0.15) is 12.8 Å². The summed E-state index contributed by atoms with van der Waals surface area (Å²) in [4.78, 5) is 16.8. The van der Waals surface area contributed by atoms with Gasteiger partial charge in [0.25, 0.3) is 0 Å². The van der Waals surface area contributed by atoms with E-state index in [0.29, 0.717) is 5.91 Å². The van der Waals surface area contributed by atoms with Gasteiger partial charge < -0.3 is 20.2 Å². The number of phenols is 1. The molecule has 0 aliphatic carbocycles. The van der Waals surface area contributed by atoms with Crippen LogP contribution < -0.4 is 10.2 Å². The highest BCUT2D eigenvalue weighted by Gasteiger charge is 2.28. The zero-order valence-corrected chi connectivity index (χ0v) is 12.3. The summed E-state index contributed by atoms with van der Waals surface area (Å²) in [5.41, 5.74) is 1.11. The van der Waals surface area contributed by atoms with Crippen LogP contribution in [0.25, 0.3) is 0 Å². The molecular formula is C16H23N3O2. The Morgan fingerprint density at radius 2 is 1.86 bits per heavy atom. The lowest BCUT2D eigenvalue weighted by Gasteiger charge is -2.38. The predicted molar refractivity (Wildman–Crippen MR) is 82.5 cm³/mol. The normalized spacial score (nSPS) is 23.1. The number of amides is 1. The third kappa shape index (κ3) is 3.29. The van der Waals surface area contributed by atoms with E-state index >= 15 is 0 Å². The molecule has 5 nitrogen and oxygen atoms in total. The highest BCUT2D eigenvalue weighted by atomic mass is 16.3. The van der Waals surface area contributed by atoms with Crippen LogP contribution in [0.3, 0.4) is 0 Å². The van der Waals surface area contributed by atoms with Crippen molar-refractivity contribution in [3.8, 4) is 5.75 Å². The third-order valence-corrected chi connectivity index (χ3v) is 4.45. The van der Waals surface area contributed by atoms with E-state index in [1.54, 1.807) is 12.1 Å². The maximum absolute atomic E-state index is 12.5. The van der Waals surface area contributed by atoms with Crippen LogP contribution in [0.2, 0.25) is 0 Å². The van der Waals surface area contributed by atoms with Crippen LogP contribution in [0.4, 0.5) is 5.69 Å². The van der Waals surface area contributed by atoms with Crippen LogP contribution in [0, 0.1) is 5.92 Å². The first-order valence-corrected chi connectivity index (χ1v) is 7.77. The topological polar surface area (TPSA) is 55.8 Å². The number of nitrogens with zero attached hydrogens (tertiary/aromatic N) is 2. The first kappa shape index (κ1) is 14.2. The Morgan fingerprint density at radius 1 is 1.14 bits per heavy atom. The number of anilines is 1. The molecule has 5 heteroatoms. The summed E-state index contributed by atoms with van der Waals surface area (Å²) in [5.74, 6) is 0.767. The minimum Gasteiger partial charge on any atom is -0.508 e. The van der Waals surface area contributed by atoms with E-state index in [-0.39, 0.29) is 11.7 Å². The van der Waals surface area contributed by atoms with Gasteiger partial charge in [-0.15, -0.1) is 0 Å². The van der Waals surface area contributed by atoms with Crippen LogP contribution >= 0.6 is 0 Å². The van der Waals surface area contributed by atoms with Gasteiger partial charge in [-0.3, -0.25) is 4.79 Å². The maximum atomic E-state index is 12.5. The number of hydrogen-bond donors (Lipinski definition) is 2. The van der Waals surface area contributed by atoms with Gasteiger partial charge in [0.05, 0.1) is 5.92 Å². The number of piperidine rings is 1. The Labute approximate surface area is 125 Å². The molecule has 0 saturated carbocycles. The molecule has 2 heterocycles. The number of hydrogen-bond acceptors (Lipinski definition) is 4. The third-order valence-electron chi connectivity index (χ3n) is 4.45. The summed E-state index contributed by atoms with van der Waals surface area (Å²) in [7, 11) is 0. The lowest BCUT2D eigenvalue weighted by Crippen LogP contribution is -2.52. The minimum absolute atomic E-state index is 0.166. The van der Waals surface area contributed by atoms with E-state index in [2.05, 4.69) is 10.2 Å². The molecule has 2 aliphatic rings. The number of aromatic hydroxyl groups is 1. The van der Waals surface area contributed by atoms with Gasteiger partial charge in [-0.2, -0.15) is 0 Å². The Bertz CT molecular complexity index is 475. The summed E-state index contributed by atoms with van der Waals surface area (Å²) in [6, 6.07) is 7.27. The molecule has 1 aromatic rings. The highest BCUT2D eigenvalue weighted by Crippen LogP contribution is 2.21. The minimum atomic E-state index is 0.166. The van der Waals surface area contributed by atoms with Crippen LogP contribution in [0.5, 0.6) is 5.75 Å². The van der Waals surface area contributed by atoms with Gasteiger partial charge in [0.1, 0.15) is 5.75 Å². The van der Waals surface area contributed by atoms with Crippen LogP contribution in [0.15, 0.2) is 24.3 Å². The van der Waals surface area contributed by atoms with Crippen molar-refractivity contribution in [2.75, 3.05) is 44.2 Å². The van der Waals surface area contributed by atoms with E-state index < -0.39 is 0 Å². The summed E-state index contributed by atoms with van der Waals surface area (Å²) < 4.78 is 0. The summed E-state index contributed by atoms with van der Waals surface area (Å²) in [6.45, 7) is 5.16. The maximum Gasteiger partial charge on any atom is 0.227 e. The van der Waals surface area contributed by atoms with Gasteiger partial charge in [0.15, 0.2) is 0 Å². The lowest BCUT2D eigenvalue weighted by molar-refractivity contribution is -0.136. The second kappa shape index (κ2) is 6.35. The first-order valence-electron chi connectivity index (χ1n) is 7.77. The highest BCUT2D eigenvalue weighted by molar-refractivity contribution is 5.79. The Hall–Kier alpha value is -1.75. The number of benzene rings is 1. The molecule has 0 radical (unpaired) electrons. The quantitative estimate of drug-likeness (QED) is 0.854. The molecule has 2 fully saturated rings. The smallest absolute Gasteiger partial charge is 0.227 e. The molecule has 1 amide bonds. The molecule has 2 saturated heterocycles. The number of nitrogens with one attached hydrogen (secondary N) is 1. The van der Waals surface area contributed by atoms with Gasteiger partial charge in [0.2, 0.25) is 5.91 Å². The Kier molecular flexibility index (Phi) is 4.29. The second-order valence-electron chi connectivity index (χ2n) is 5.87. The fraction of sp³-hybridized carbons (Fsp3) is 0.562. The molecule has 2 N–H and O–H groups in total. The first-order chi connectivity index (χ1) is 10.2. The van der Waals surface area contributed by atoms with Gasteiger partial charge in [-0.05, 0) is 43.7 Å². The molecular weight excluding hydrogens is 266 g/mol. The Balaban J connectivity index is 1.54. The van der Waals surface area contributed by atoms with Crippen molar-refractivity contribution in [1.29, 1.82) is 0 Å². The van der Waals surface area contributed by atoms with Crippen molar-refractivity contribution < 1.29 is 9.90 Å². The fourth-order valence-electron chi connectivity index (χ4n) is 3.17. The molecule has 0 spiro atoms. The van der Waals surface area contributed by atoms with Gasteiger partial charge in [0, 0.05) is 38.4 Å². The second-order valence-corrected chi connectivity index (χ2v) is 5.87. The Morgan fingerprint density at radius 3 is 2.48 bits per heavy atom. The SMILES string of the molecule is O=C([C@@H]1CCCNC1)N1CCN(c2ccc(O)cc2)CC1. The molecule has 114 valence electrons. The van der Waals surface area contributed by atoms with E-state index in [1.165, 1.54) is 0 Å². The zero-order valence-electron chi connectivity index (χ0n) is 12.3. The summed E-state index contributed by atoms with van der Waals surface area (Å²) >= 11 is 0. The lowest BCUT2D eigenvalue weighted by atomic mass is 9.98. The average Bonchev–Trinajstić information content (AvgIpc) is 2.56. The van der Waals surface area contributed by atoms with E-state index in [9.17, 15) is 9.90 Å². The summed E-state index contributed by atoms with van der Waals surface area (Å²) in [5, 5.41) is 12.6. The number of rotatable bonds is 2. The van der Waals surface area contributed by atoms with Gasteiger partial charge in [-0.1, -0.05) is 0 Å². The van der Waals surface area contributed by atoms with Crippen molar-refractivity contribution in [3.05, 3.63) is 24.3 Å². The van der Waals surface area contributed by atoms with Gasteiger partial charge in [-0.25, -0.2) is 0 Å². The van der Waals surface area contributed by atoms with Crippen molar-refractivity contribution in [2.45, 2.75) is 12.8 Å². The average molecular weight is 289 g/mol. The van der Waals surface area contributed by atoms with Gasteiger partial charge >= 0.3 is 0 Å². The van der Waals surface area contributed by atoms with Crippen LogP contribution in [-0.4, -0.2) is 55.2 Å². The standard InChI is InChI=1S/C16H23N3O2/c20-15-5-3-14(4-6-15)18-8-10-19(11-9-18)16(21)13-2-1-7-17-12-13/h3-6,13,17,20H,1-2,7-12H2/t13-/m1/s1. The number of carbonyl (C=O) groups excluding carboxylic acids is 1. The van der Waals surface area contributed by atoms with E-state index in [0.717, 1.165) is 57.8 Å². The van der Waals surface area contributed by atoms with E-state index in [4.69, 9.17) is 0 Å². The molecule has 0 bridgehead atoms. The number of phenolic OH excluding ortho intramolecular Hbond substituents is 1. The van der Waals surface area contributed by atoms with Crippen LogP contribution in [-0.2, 0) is 4.79 Å². The predicted octanol–water partition coefficient (Wildman–Crippen LogP) is 1.04. The van der Waals surface area contributed by atoms with Crippen molar-refractivity contribution >= 4 is 11.6 Å². The molecule has 3 rings (SSSR count). The molecule has 21 heavy (non-hydrogen) atoms. The van der Waals surface area contributed by atoms with Crippen molar-refractivity contribution in [2.24, 2.45) is 5.92 Å². The molecule has 1 aromatic carbocycles. The fourth-order valence-corrected chi connectivity index (χ4v) is 3.17. The molecule has 2 aliphatic heterocycles. The number of carbonyl (C=O) groups is 1. The number of piperazine rings is 1. The zero-order chi connectivity index (χ0) is 14.7. The van der Waals surface area contributed by atoms with Crippen molar-refractivity contribution in [3.63, 3.8) is 0 Å². The largest absolute Gasteiger partial charge is 0.508 e. The summed E-state index contributed by atoms with van der Waals surface area (Å²) in [6.07, 6.45) is 2.12.